The Balaban J connectivity index is 1.83. The monoisotopic (exact) mass is 346 g/mol. The van der Waals surface area contributed by atoms with Crippen molar-refractivity contribution in [2.24, 2.45) is 0 Å². The second-order valence-electron chi connectivity index (χ2n) is 5.74. The fourth-order valence-electron chi connectivity index (χ4n) is 2.79. The van der Waals surface area contributed by atoms with E-state index in [1.807, 2.05) is 48.5 Å². The van der Waals surface area contributed by atoms with E-state index in [1.54, 1.807) is 0 Å². The SMILES string of the molecule is O=c1[nH]c(-c2cc(Cn3cnccc3=O)ccc2-c2ccccc2)no1. The van der Waals surface area contributed by atoms with E-state index in [2.05, 4.69) is 19.6 Å². The number of rotatable bonds is 4. The molecule has 0 aliphatic heterocycles. The van der Waals surface area contributed by atoms with Gasteiger partial charge in [0.15, 0.2) is 5.82 Å². The van der Waals surface area contributed by atoms with Crippen LogP contribution in [0.1, 0.15) is 5.56 Å². The third-order valence-electron chi connectivity index (χ3n) is 4.01. The minimum absolute atomic E-state index is 0.136. The summed E-state index contributed by atoms with van der Waals surface area (Å²) in [5.41, 5.74) is 3.34. The summed E-state index contributed by atoms with van der Waals surface area (Å²) in [4.78, 5) is 29.9. The van der Waals surface area contributed by atoms with Crippen LogP contribution in [0, 0.1) is 0 Å². The van der Waals surface area contributed by atoms with Crippen molar-refractivity contribution in [1.29, 1.82) is 0 Å². The maximum atomic E-state index is 11.9. The lowest BCUT2D eigenvalue weighted by molar-refractivity contribution is 0.388. The highest BCUT2D eigenvalue weighted by atomic mass is 16.5. The lowest BCUT2D eigenvalue weighted by atomic mass is 9.97. The van der Waals surface area contributed by atoms with Crippen molar-refractivity contribution in [2.45, 2.75) is 6.54 Å². The Bertz CT molecular complexity index is 1160. The Hall–Kier alpha value is -3.74. The summed E-state index contributed by atoms with van der Waals surface area (Å²) in [7, 11) is 0. The van der Waals surface area contributed by atoms with E-state index in [9.17, 15) is 9.59 Å². The van der Waals surface area contributed by atoms with Gasteiger partial charge in [0, 0.05) is 17.8 Å². The summed E-state index contributed by atoms with van der Waals surface area (Å²) in [6.45, 7) is 0.358. The van der Waals surface area contributed by atoms with Crippen LogP contribution in [-0.2, 0) is 6.54 Å². The number of benzene rings is 2. The van der Waals surface area contributed by atoms with E-state index in [0.717, 1.165) is 22.3 Å². The maximum absolute atomic E-state index is 11.9. The zero-order valence-electron chi connectivity index (χ0n) is 13.6. The van der Waals surface area contributed by atoms with Crippen LogP contribution >= 0.6 is 0 Å². The molecular weight excluding hydrogens is 332 g/mol. The van der Waals surface area contributed by atoms with Gasteiger partial charge in [-0.2, -0.15) is 0 Å². The molecule has 7 nitrogen and oxygen atoms in total. The molecule has 0 atom stereocenters. The molecule has 0 aliphatic rings. The van der Waals surface area contributed by atoms with Gasteiger partial charge in [0.05, 0.1) is 12.9 Å². The predicted octanol–water partition coefficient (Wildman–Crippen LogP) is 2.30. The number of aromatic nitrogens is 4. The predicted molar refractivity (Wildman–Crippen MR) is 95.6 cm³/mol. The largest absolute Gasteiger partial charge is 0.439 e. The fraction of sp³-hybridized carbons (Fsp3) is 0.0526. The number of H-pyrrole nitrogens is 1. The van der Waals surface area contributed by atoms with Crippen LogP contribution in [0.4, 0.5) is 0 Å². The molecule has 0 saturated heterocycles. The topological polar surface area (TPSA) is 93.8 Å². The molecule has 0 amide bonds. The molecule has 0 saturated carbocycles. The van der Waals surface area contributed by atoms with Gasteiger partial charge in [-0.3, -0.25) is 18.9 Å². The van der Waals surface area contributed by atoms with Gasteiger partial charge in [-0.15, -0.1) is 0 Å². The fourth-order valence-corrected chi connectivity index (χ4v) is 2.79. The van der Waals surface area contributed by atoms with Crippen LogP contribution in [-0.4, -0.2) is 19.7 Å². The molecule has 4 rings (SSSR count). The first kappa shape index (κ1) is 15.8. The lowest BCUT2D eigenvalue weighted by Gasteiger charge is -2.11. The highest BCUT2D eigenvalue weighted by Gasteiger charge is 2.13. The molecule has 0 bridgehead atoms. The van der Waals surface area contributed by atoms with E-state index in [4.69, 9.17) is 0 Å². The second kappa shape index (κ2) is 6.64. The van der Waals surface area contributed by atoms with Crippen LogP contribution < -0.4 is 11.3 Å². The molecule has 0 radical (unpaired) electrons. The number of hydrogen-bond donors (Lipinski definition) is 1. The average Bonchev–Trinajstić information content (AvgIpc) is 3.11. The van der Waals surface area contributed by atoms with Crippen molar-refractivity contribution in [2.75, 3.05) is 0 Å². The molecule has 2 aromatic heterocycles. The summed E-state index contributed by atoms with van der Waals surface area (Å²) < 4.78 is 6.17. The second-order valence-corrected chi connectivity index (χ2v) is 5.74. The van der Waals surface area contributed by atoms with Gasteiger partial charge >= 0.3 is 5.76 Å². The van der Waals surface area contributed by atoms with Gasteiger partial charge in [-0.25, -0.2) is 9.78 Å². The minimum Gasteiger partial charge on any atom is -0.296 e. The number of hydrogen-bond acceptors (Lipinski definition) is 5. The van der Waals surface area contributed by atoms with Crippen molar-refractivity contribution in [1.82, 2.24) is 19.7 Å². The molecular formula is C19H14N4O3. The van der Waals surface area contributed by atoms with Crippen LogP contribution in [0.5, 0.6) is 0 Å². The first-order chi connectivity index (χ1) is 12.7. The summed E-state index contributed by atoms with van der Waals surface area (Å²) in [6, 6.07) is 16.9. The Labute approximate surface area is 147 Å². The van der Waals surface area contributed by atoms with Crippen LogP contribution in [0.2, 0.25) is 0 Å². The molecule has 0 aliphatic carbocycles. The first-order valence-electron chi connectivity index (χ1n) is 7.96. The zero-order valence-corrected chi connectivity index (χ0v) is 13.6. The quantitative estimate of drug-likeness (QED) is 0.612. The smallest absolute Gasteiger partial charge is 0.296 e. The standard InChI is InChI=1S/C19H14N4O3/c24-17-8-9-20-12-23(17)11-13-6-7-15(14-4-2-1-3-5-14)16(10-13)18-21-19(25)26-22-18/h1-10,12H,11H2,(H,21,22,25). The van der Waals surface area contributed by atoms with Gasteiger partial charge in [-0.1, -0.05) is 47.6 Å². The number of nitrogens with one attached hydrogen (secondary N) is 1. The lowest BCUT2D eigenvalue weighted by Crippen LogP contribution is -2.19. The Kier molecular flexibility index (Phi) is 4.03. The highest BCUT2D eigenvalue weighted by Crippen LogP contribution is 2.30. The van der Waals surface area contributed by atoms with Crippen LogP contribution in [0.25, 0.3) is 22.5 Å². The van der Waals surface area contributed by atoms with Gasteiger partial charge in [-0.05, 0) is 22.8 Å². The van der Waals surface area contributed by atoms with Crippen molar-refractivity contribution in [3.05, 3.63) is 93.6 Å². The molecule has 0 fully saturated rings. The third kappa shape index (κ3) is 3.10. The molecule has 26 heavy (non-hydrogen) atoms. The van der Waals surface area contributed by atoms with Gasteiger partial charge in [0.2, 0.25) is 0 Å². The first-order valence-corrected chi connectivity index (χ1v) is 7.96. The summed E-state index contributed by atoms with van der Waals surface area (Å²) in [5, 5.41) is 3.81. The van der Waals surface area contributed by atoms with Crippen molar-refractivity contribution in [3.8, 4) is 22.5 Å². The minimum atomic E-state index is -0.618. The van der Waals surface area contributed by atoms with Gasteiger partial charge < -0.3 is 0 Å². The zero-order chi connectivity index (χ0) is 17.9. The Morgan fingerprint density at radius 1 is 1.00 bits per heavy atom. The molecule has 2 aromatic carbocycles. The van der Waals surface area contributed by atoms with Gasteiger partial charge in [0.25, 0.3) is 5.56 Å². The Morgan fingerprint density at radius 3 is 2.58 bits per heavy atom. The van der Waals surface area contributed by atoms with Crippen molar-refractivity contribution in [3.63, 3.8) is 0 Å². The van der Waals surface area contributed by atoms with E-state index < -0.39 is 5.76 Å². The number of nitrogens with zero attached hydrogens (tertiary/aromatic N) is 3. The summed E-state index contributed by atoms with van der Waals surface area (Å²) in [6.07, 6.45) is 2.95. The van der Waals surface area contributed by atoms with E-state index in [-0.39, 0.29) is 5.56 Å². The van der Waals surface area contributed by atoms with E-state index in [1.165, 1.54) is 23.2 Å². The van der Waals surface area contributed by atoms with Crippen LogP contribution in [0.3, 0.4) is 0 Å². The molecule has 0 spiro atoms. The molecule has 128 valence electrons. The van der Waals surface area contributed by atoms with E-state index >= 15 is 0 Å². The normalized spacial score (nSPS) is 10.8. The van der Waals surface area contributed by atoms with Crippen molar-refractivity contribution >= 4 is 0 Å². The van der Waals surface area contributed by atoms with Crippen molar-refractivity contribution < 1.29 is 4.52 Å². The summed E-state index contributed by atoms with van der Waals surface area (Å²) in [5.74, 6) is -0.276. The Morgan fingerprint density at radius 2 is 1.85 bits per heavy atom. The maximum Gasteiger partial charge on any atom is 0.439 e. The average molecular weight is 346 g/mol. The van der Waals surface area contributed by atoms with Crippen LogP contribution in [0.15, 0.2) is 81.2 Å². The molecule has 0 unspecified atom stereocenters. The van der Waals surface area contributed by atoms with E-state index in [0.29, 0.717) is 12.4 Å². The third-order valence-corrected chi connectivity index (χ3v) is 4.01. The molecule has 1 N–H and O–H groups in total. The molecule has 7 heteroatoms. The molecule has 2 heterocycles. The number of aromatic amines is 1. The van der Waals surface area contributed by atoms with Gasteiger partial charge in [0.1, 0.15) is 0 Å². The summed E-state index contributed by atoms with van der Waals surface area (Å²) >= 11 is 0. The molecule has 4 aromatic rings. The highest BCUT2D eigenvalue weighted by molar-refractivity contribution is 5.80.